The molecule has 4 unspecified atom stereocenters. The normalized spacial score (nSPS) is 37.5. The third kappa shape index (κ3) is 1.61. The molecule has 0 spiro atoms. The van der Waals surface area contributed by atoms with Gasteiger partial charge in [0.25, 0.3) is 0 Å². The van der Waals surface area contributed by atoms with Crippen LogP contribution >= 0.6 is 0 Å². The Labute approximate surface area is 98.4 Å². The summed E-state index contributed by atoms with van der Waals surface area (Å²) in [7, 11) is 0. The van der Waals surface area contributed by atoms with Crippen molar-refractivity contribution in [2.75, 3.05) is 0 Å². The van der Waals surface area contributed by atoms with E-state index in [2.05, 4.69) is 50.3 Å². The lowest BCUT2D eigenvalue weighted by atomic mass is 9.77. The van der Waals surface area contributed by atoms with Crippen LogP contribution in [0.1, 0.15) is 26.7 Å². The molecule has 0 aromatic rings. The second kappa shape index (κ2) is 3.76. The van der Waals surface area contributed by atoms with Gasteiger partial charge in [-0.25, -0.2) is 0 Å². The Morgan fingerprint density at radius 1 is 1.25 bits per heavy atom. The first-order valence-corrected chi connectivity index (χ1v) is 6.53. The van der Waals surface area contributed by atoms with Gasteiger partial charge in [-0.15, -0.1) is 0 Å². The predicted octanol–water partition coefficient (Wildman–Crippen LogP) is 4.28. The summed E-state index contributed by atoms with van der Waals surface area (Å²) < 4.78 is 0. The standard InChI is InChI=1S/C16H20/c1-11-10-16(11)12(2)14-9-5-7-13-6-3-4-8-15(13)14/h3-5,7-9,11-13,16H,6,10H2,1-2H3. The summed E-state index contributed by atoms with van der Waals surface area (Å²) in [5, 5.41) is 0. The number of fused-ring (bicyclic) bond motifs is 1. The first kappa shape index (κ1) is 10.1. The van der Waals surface area contributed by atoms with E-state index in [4.69, 9.17) is 0 Å². The summed E-state index contributed by atoms with van der Waals surface area (Å²) in [4.78, 5) is 0. The van der Waals surface area contributed by atoms with E-state index in [0.717, 1.165) is 17.8 Å². The predicted molar refractivity (Wildman–Crippen MR) is 69.0 cm³/mol. The molecular formula is C16H20. The first-order chi connectivity index (χ1) is 7.77. The highest BCUT2D eigenvalue weighted by atomic mass is 14.4. The van der Waals surface area contributed by atoms with Gasteiger partial charge in [0.1, 0.15) is 0 Å². The molecule has 1 saturated carbocycles. The maximum atomic E-state index is 2.41. The van der Waals surface area contributed by atoms with Crippen molar-refractivity contribution in [3.05, 3.63) is 47.6 Å². The van der Waals surface area contributed by atoms with Crippen molar-refractivity contribution in [1.82, 2.24) is 0 Å². The molecule has 0 nitrogen and oxygen atoms in total. The van der Waals surface area contributed by atoms with Crippen LogP contribution in [0.3, 0.4) is 0 Å². The molecule has 0 saturated heterocycles. The van der Waals surface area contributed by atoms with Gasteiger partial charge in [-0.3, -0.25) is 0 Å². The van der Waals surface area contributed by atoms with Crippen molar-refractivity contribution in [1.29, 1.82) is 0 Å². The Balaban J connectivity index is 1.88. The molecule has 0 amide bonds. The molecule has 0 aliphatic heterocycles. The summed E-state index contributed by atoms with van der Waals surface area (Å²) >= 11 is 0. The van der Waals surface area contributed by atoms with Gasteiger partial charge < -0.3 is 0 Å². The molecular weight excluding hydrogens is 192 g/mol. The molecule has 84 valence electrons. The lowest BCUT2D eigenvalue weighted by Crippen LogP contribution is -2.15. The summed E-state index contributed by atoms with van der Waals surface area (Å²) in [5.41, 5.74) is 3.18. The molecule has 0 bridgehead atoms. The van der Waals surface area contributed by atoms with Gasteiger partial charge in [0.2, 0.25) is 0 Å². The minimum atomic E-state index is 0.654. The van der Waals surface area contributed by atoms with Crippen molar-refractivity contribution in [2.24, 2.45) is 23.7 Å². The first-order valence-electron chi connectivity index (χ1n) is 6.53. The van der Waals surface area contributed by atoms with Crippen molar-refractivity contribution < 1.29 is 0 Å². The SMILES string of the molecule is CC1CC1C(C)C1=CC=CC2CC=CC=C12. The number of rotatable bonds is 2. The molecule has 0 heterocycles. The largest absolute Gasteiger partial charge is 0.0836 e. The fourth-order valence-electron chi connectivity index (χ4n) is 3.22. The number of allylic oxidation sites excluding steroid dienone is 8. The van der Waals surface area contributed by atoms with Crippen LogP contribution in [0.15, 0.2) is 47.6 Å². The molecule has 0 aromatic carbocycles. The second-order valence-electron chi connectivity index (χ2n) is 5.56. The van der Waals surface area contributed by atoms with Crippen molar-refractivity contribution >= 4 is 0 Å². The van der Waals surface area contributed by atoms with Crippen LogP contribution in [0.25, 0.3) is 0 Å². The zero-order valence-electron chi connectivity index (χ0n) is 10.2. The molecule has 3 rings (SSSR count). The van der Waals surface area contributed by atoms with Crippen LogP contribution in [0.5, 0.6) is 0 Å². The molecule has 16 heavy (non-hydrogen) atoms. The molecule has 3 aliphatic rings. The van der Waals surface area contributed by atoms with E-state index in [9.17, 15) is 0 Å². The smallest absolute Gasteiger partial charge is 0.00585 e. The van der Waals surface area contributed by atoms with Crippen LogP contribution in [0.4, 0.5) is 0 Å². The van der Waals surface area contributed by atoms with E-state index in [1.54, 1.807) is 11.1 Å². The topological polar surface area (TPSA) is 0 Å². The number of hydrogen-bond acceptors (Lipinski definition) is 0. The fourth-order valence-corrected chi connectivity index (χ4v) is 3.22. The van der Waals surface area contributed by atoms with Crippen molar-refractivity contribution in [3.63, 3.8) is 0 Å². The van der Waals surface area contributed by atoms with Crippen LogP contribution < -0.4 is 0 Å². The molecule has 0 radical (unpaired) electrons. The average molecular weight is 212 g/mol. The highest BCUT2D eigenvalue weighted by molar-refractivity contribution is 5.47. The lowest BCUT2D eigenvalue weighted by Gasteiger charge is -2.28. The molecule has 3 aliphatic carbocycles. The van der Waals surface area contributed by atoms with Gasteiger partial charge in [0.05, 0.1) is 0 Å². The van der Waals surface area contributed by atoms with Crippen molar-refractivity contribution in [2.45, 2.75) is 26.7 Å². The van der Waals surface area contributed by atoms with Gasteiger partial charge in [-0.1, -0.05) is 50.3 Å². The Bertz CT molecular complexity index is 406. The Morgan fingerprint density at radius 3 is 2.81 bits per heavy atom. The Kier molecular flexibility index (Phi) is 2.38. The van der Waals surface area contributed by atoms with E-state index in [0.29, 0.717) is 5.92 Å². The summed E-state index contributed by atoms with van der Waals surface area (Å²) in [6, 6.07) is 0. The quantitative estimate of drug-likeness (QED) is 0.641. The van der Waals surface area contributed by atoms with E-state index >= 15 is 0 Å². The van der Waals surface area contributed by atoms with Gasteiger partial charge in [-0.05, 0) is 41.7 Å². The Morgan fingerprint density at radius 2 is 2.06 bits per heavy atom. The third-order valence-corrected chi connectivity index (χ3v) is 4.46. The zero-order chi connectivity index (χ0) is 11.1. The average Bonchev–Trinajstić information content (AvgIpc) is 3.05. The molecule has 0 N–H and O–H groups in total. The third-order valence-electron chi connectivity index (χ3n) is 4.46. The van der Waals surface area contributed by atoms with Gasteiger partial charge in [-0.2, -0.15) is 0 Å². The minimum Gasteiger partial charge on any atom is -0.0836 e. The van der Waals surface area contributed by atoms with Gasteiger partial charge in [0.15, 0.2) is 0 Å². The summed E-state index contributed by atoms with van der Waals surface area (Å²) in [6.45, 7) is 4.79. The minimum absolute atomic E-state index is 0.654. The molecule has 0 heteroatoms. The molecule has 1 fully saturated rings. The second-order valence-corrected chi connectivity index (χ2v) is 5.56. The van der Waals surface area contributed by atoms with Crippen molar-refractivity contribution in [3.8, 4) is 0 Å². The molecule has 0 aromatic heterocycles. The van der Waals surface area contributed by atoms with E-state index in [1.165, 1.54) is 12.8 Å². The van der Waals surface area contributed by atoms with E-state index in [1.807, 2.05) is 0 Å². The summed E-state index contributed by atoms with van der Waals surface area (Å²) in [5.74, 6) is 3.28. The van der Waals surface area contributed by atoms with E-state index < -0.39 is 0 Å². The Hall–Kier alpha value is -1.04. The van der Waals surface area contributed by atoms with Gasteiger partial charge in [0, 0.05) is 5.92 Å². The fraction of sp³-hybridized carbons (Fsp3) is 0.500. The lowest BCUT2D eigenvalue weighted by molar-refractivity contribution is 0.546. The van der Waals surface area contributed by atoms with Crippen LogP contribution in [-0.2, 0) is 0 Å². The van der Waals surface area contributed by atoms with E-state index in [-0.39, 0.29) is 0 Å². The maximum Gasteiger partial charge on any atom is 0.00585 e. The summed E-state index contributed by atoms with van der Waals surface area (Å²) in [6.07, 6.45) is 16.4. The van der Waals surface area contributed by atoms with Gasteiger partial charge >= 0.3 is 0 Å². The highest BCUT2D eigenvalue weighted by Gasteiger charge is 2.39. The maximum absolute atomic E-state index is 2.41. The number of hydrogen-bond donors (Lipinski definition) is 0. The van der Waals surface area contributed by atoms with Crippen LogP contribution in [0, 0.1) is 23.7 Å². The van der Waals surface area contributed by atoms with Crippen LogP contribution in [-0.4, -0.2) is 0 Å². The molecule has 4 atom stereocenters. The monoisotopic (exact) mass is 212 g/mol. The zero-order valence-corrected chi connectivity index (χ0v) is 10.2. The highest BCUT2D eigenvalue weighted by Crippen LogP contribution is 2.49. The van der Waals surface area contributed by atoms with Crippen LogP contribution in [0.2, 0.25) is 0 Å².